The number of likely N-dealkylation sites (tertiary alicyclic amines) is 1. The van der Waals surface area contributed by atoms with E-state index in [9.17, 15) is 5.11 Å². The number of hydrogen-bond acceptors (Lipinski definition) is 2. The van der Waals surface area contributed by atoms with Crippen molar-refractivity contribution in [2.24, 2.45) is 0 Å². The molecule has 0 spiro atoms. The van der Waals surface area contributed by atoms with Crippen LogP contribution in [-0.2, 0) is 0 Å². The van der Waals surface area contributed by atoms with Crippen LogP contribution in [-0.4, -0.2) is 34.2 Å². The van der Waals surface area contributed by atoms with Gasteiger partial charge in [0, 0.05) is 12.1 Å². The van der Waals surface area contributed by atoms with E-state index < -0.39 is 5.60 Å². The summed E-state index contributed by atoms with van der Waals surface area (Å²) in [6, 6.07) is 0.973. The molecule has 1 aliphatic rings. The van der Waals surface area contributed by atoms with Crippen molar-refractivity contribution in [3.05, 3.63) is 0 Å². The van der Waals surface area contributed by atoms with E-state index in [0.717, 1.165) is 13.0 Å². The first-order valence-electron chi connectivity index (χ1n) is 5.45. The fourth-order valence-corrected chi connectivity index (χ4v) is 2.31. The van der Waals surface area contributed by atoms with Gasteiger partial charge in [0.25, 0.3) is 0 Å². The SMILES string of the molecule is CCC(C)N1CCCC1C(C)(C)O. The normalized spacial score (nSPS) is 27.9. The van der Waals surface area contributed by atoms with Crippen LogP contribution in [0.5, 0.6) is 0 Å². The van der Waals surface area contributed by atoms with Crippen LogP contribution in [0.4, 0.5) is 0 Å². The van der Waals surface area contributed by atoms with Gasteiger partial charge < -0.3 is 5.11 Å². The molecular formula is C11H23NO. The van der Waals surface area contributed by atoms with Crippen molar-refractivity contribution in [3.63, 3.8) is 0 Å². The van der Waals surface area contributed by atoms with E-state index >= 15 is 0 Å². The Hall–Kier alpha value is -0.0800. The Morgan fingerprint density at radius 3 is 2.62 bits per heavy atom. The summed E-state index contributed by atoms with van der Waals surface area (Å²) in [5.41, 5.74) is -0.542. The molecule has 2 nitrogen and oxygen atoms in total. The Morgan fingerprint density at radius 1 is 1.54 bits per heavy atom. The van der Waals surface area contributed by atoms with Gasteiger partial charge in [0.2, 0.25) is 0 Å². The highest BCUT2D eigenvalue weighted by molar-refractivity contribution is 4.92. The van der Waals surface area contributed by atoms with E-state index in [1.807, 2.05) is 13.8 Å². The average Bonchev–Trinajstić information content (AvgIpc) is 2.49. The highest BCUT2D eigenvalue weighted by atomic mass is 16.3. The van der Waals surface area contributed by atoms with Crippen molar-refractivity contribution in [2.75, 3.05) is 6.54 Å². The Balaban J connectivity index is 2.64. The fourth-order valence-electron chi connectivity index (χ4n) is 2.31. The number of aliphatic hydroxyl groups is 1. The molecule has 0 aromatic heterocycles. The van der Waals surface area contributed by atoms with Crippen molar-refractivity contribution in [3.8, 4) is 0 Å². The van der Waals surface area contributed by atoms with Crippen LogP contribution in [0.2, 0.25) is 0 Å². The first-order valence-corrected chi connectivity index (χ1v) is 5.45. The van der Waals surface area contributed by atoms with E-state index in [-0.39, 0.29) is 0 Å². The molecule has 0 saturated carbocycles. The maximum absolute atomic E-state index is 9.99. The lowest BCUT2D eigenvalue weighted by atomic mass is 9.95. The predicted octanol–water partition coefficient (Wildman–Crippen LogP) is 2.02. The molecule has 1 fully saturated rings. The predicted molar refractivity (Wildman–Crippen MR) is 55.8 cm³/mol. The average molecular weight is 185 g/mol. The van der Waals surface area contributed by atoms with Gasteiger partial charge in [-0.1, -0.05) is 6.92 Å². The third-order valence-electron chi connectivity index (χ3n) is 3.27. The van der Waals surface area contributed by atoms with Gasteiger partial charge in [0.1, 0.15) is 0 Å². The van der Waals surface area contributed by atoms with Crippen molar-refractivity contribution < 1.29 is 5.11 Å². The molecule has 0 aromatic carbocycles. The first-order chi connectivity index (χ1) is 5.96. The van der Waals surface area contributed by atoms with E-state index in [4.69, 9.17) is 0 Å². The highest BCUT2D eigenvalue weighted by Gasteiger charge is 2.37. The second-order valence-electron chi connectivity index (χ2n) is 4.81. The molecule has 2 heteroatoms. The quantitative estimate of drug-likeness (QED) is 0.727. The van der Waals surface area contributed by atoms with Crippen molar-refractivity contribution in [1.82, 2.24) is 4.90 Å². The smallest absolute Gasteiger partial charge is 0.0746 e. The van der Waals surface area contributed by atoms with Gasteiger partial charge in [0.05, 0.1) is 5.60 Å². The molecule has 1 rings (SSSR count). The minimum Gasteiger partial charge on any atom is -0.389 e. The number of hydrogen-bond donors (Lipinski definition) is 1. The topological polar surface area (TPSA) is 23.5 Å². The third-order valence-corrected chi connectivity index (χ3v) is 3.27. The van der Waals surface area contributed by atoms with Gasteiger partial charge in [-0.25, -0.2) is 0 Å². The second kappa shape index (κ2) is 3.97. The van der Waals surface area contributed by atoms with Gasteiger partial charge in [-0.2, -0.15) is 0 Å². The summed E-state index contributed by atoms with van der Waals surface area (Å²) in [5, 5.41) is 9.99. The van der Waals surface area contributed by atoms with Crippen LogP contribution >= 0.6 is 0 Å². The molecule has 13 heavy (non-hydrogen) atoms. The van der Waals surface area contributed by atoms with Gasteiger partial charge in [-0.05, 0) is 46.6 Å². The molecule has 1 N–H and O–H groups in total. The molecular weight excluding hydrogens is 162 g/mol. The van der Waals surface area contributed by atoms with E-state index in [0.29, 0.717) is 12.1 Å². The van der Waals surface area contributed by atoms with Gasteiger partial charge in [-0.3, -0.25) is 4.90 Å². The molecule has 1 heterocycles. The lowest BCUT2D eigenvalue weighted by Gasteiger charge is -2.37. The zero-order valence-electron chi connectivity index (χ0n) is 9.38. The van der Waals surface area contributed by atoms with Crippen LogP contribution in [0.25, 0.3) is 0 Å². The van der Waals surface area contributed by atoms with Gasteiger partial charge >= 0.3 is 0 Å². The van der Waals surface area contributed by atoms with Crippen LogP contribution in [0, 0.1) is 0 Å². The summed E-state index contributed by atoms with van der Waals surface area (Å²) in [4.78, 5) is 2.46. The minimum absolute atomic E-state index is 0.363. The Morgan fingerprint density at radius 2 is 2.15 bits per heavy atom. The van der Waals surface area contributed by atoms with Crippen LogP contribution in [0.1, 0.15) is 47.0 Å². The van der Waals surface area contributed by atoms with Crippen molar-refractivity contribution in [2.45, 2.75) is 64.6 Å². The van der Waals surface area contributed by atoms with Crippen LogP contribution in [0.3, 0.4) is 0 Å². The zero-order chi connectivity index (χ0) is 10.1. The monoisotopic (exact) mass is 185 g/mol. The molecule has 0 aromatic rings. The van der Waals surface area contributed by atoms with E-state index in [2.05, 4.69) is 18.7 Å². The van der Waals surface area contributed by atoms with Crippen LogP contribution < -0.4 is 0 Å². The molecule has 0 amide bonds. The minimum atomic E-state index is -0.542. The molecule has 0 radical (unpaired) electrons. The Bertz CT molecular complexity index is 162. The van der Waals surface area contributed by atoms with E-state index in [1.54, 1.807) is 0 Å². The van der Waals surface area contributed by atoms with Gasteiger partial charge in [-0.15, -0.1) is 0 Å². The Labute approximate surface area is 81.9 Å². The highest BCUT2D eigenvalue weighted by Crippen LogP contribution is 2.29. The second-order valence-corrected chi connectivity index (χ2v) is 4.81. The van der Waals surface area contributed by atoms with E-state index in [1.165, 1.54) is 12.8 Å². The first kappa shape index (κ1) is 11.0. The molecule has 2 atom stereocenters. The summed E-state index contributed by atoms with van der Waals surface area (Å²) in [6.07, 6.45) is 3.55. The van der Waals surface area contributed by atoms with Gasteiger partial charge in [0.15, 0.2) is 0 Å². The Kier molecular flexibility index (Phi) is 3.36. The zero-order valence-corrected chi connectivity index (χ0v) is 9.38. The fraction of sp³-hybridized carbons (Fsp3) is 1.00. The van der Waals surface area contributed by atoms with Crippen molar-refractivity contribution >= 4 is 0 Å². The summed E-state index contributed by atoms with van der Waals surface area (Å²) in [7, 11) is 0. The standard InChI is InChI=1S/C11H23NO/c1-5-9(2)12-8-6-7-10(12)11(3,4)13/h9-10,13H,5-8H2,1-4H3. The molecule has 78 valence electrons. The largest absolute Gasteiger partial charge is 0.389 e. The summed E-state index contributed by atoms with van der Waals surface area (Å²) < 4.78 is 0. The third kappa shape index (κ3) is 2.44. The summed E-state index contributed by atoms with van der Waals surface area (Å²) in [5.74, 6) is 0. The van der Waals surface area contributed by atoms with Crippen LogP contribution in [0.15, 0.2) is 0 Å². The summed E-state index contributed by atoms with van der Waals surface area (Å²) >= 11 is 0. The molecule has 1 saturated heterocycles. The number of rotatable bonds is 3. The lowest BCUT2D eigenvalue weighted by molar-refractivity contribution is -0.0150. The maximum atomic E-state index is 9.99. The molecule has 1 aliphatic heterocycles. The lowest BCUT2D eigenvalue weighted by Crippen LogP contribution is -2.48. The summed E-state index contributed by atoms with van der Waals surface area (Å²) in [6.45, 7) is 9.48. The molecule has 2 unspecified atom stereocenters. The number of nitrogens with zero attached hydrogens (tertiary/aromatic N) is 1. The molecule has 0 bridgehead atoms. The maximum Gasteiger partial charge on any atom is 0.0746 e. The molecule has 0 aliphatic carbocycles. The van der Waals surface area contributed by atoms with Crippen molar-refractivity contribution in [1.29, 1.82) is 0 Å².